The van der Waals surface area contributed by atoms with E-state index in [4.69, 9.17) is 0 Å². The number of nitrogens with one attached hydrogen (secondary N) is 2. The molecule has 2 aromatic heterocycles. The van der Waals surface area contributed by atoms with Gasteiger partial charge in [-0.2, -0.15) is 0 Å². The number of fused-ring (bicyclic) bond motifs is 1. The molecule has 0 fully saturated rings. The zero-order valence-corrected chi connectivity index (χ0v) is 19.3. The number of guanidine groups is 1. The molecule has 2 heterocycles. The number of pyridine rings is 1. The maximum atomic E-state index is 11.9. The molecule has 0 aliphatic carbocycles. The Labute approximate surface area is 188 Å². The normalized spacial score (nSPS) is 11.1. The van der Waals surface area contributed by atoms with Crippen LogP contribution in [0.1, 0.15) is 21.6 Å². The number of nitrogens with zero attached hydrogens (tertiary/aromatic N) is 4. The van der Waals surface area contributed by atoms with Crippen molar-refractivity contribution < 1.29 is 4.79 Å². The van der Waals surface area contributed by atoms with E-state index in [9.17, 15) is 4.79 Å². The van der Waals surface area contributed by atoms with E-state index < -0.39 is 0 Å². The number of imidazole rings is 1. The van der Waals surface area contributed by atoms with Gasteiger partial charge in [0.15, 0.2) is 5.96 Å². The second-order valence-corrected chi connectivity index (χ2v) is 6.70. The highest BCUT2D eigenvalue weighted by molar-refractivity contribution is 14.0. The van der Waals surface area contributed by atoms with E-state index in [1.807, 2.05) is 59.3 Å². The van der Waals surface area contributed by atoms with Gasteiger partial charge in [-0.25, -0.2) is 4.98 Å². The molecule has 3 aromatic rings. The quantitative estimate of drug-likeness (QED) is 0.306. The molecule has 0 saturated carbocycles. The van der Waals surface area contributed by atoms with Gasteiger partial charge in [0.1, 0.15) is 5.65 Å². The van der Waals surface area contributed by atoms with E-state index in [-0.39, 0.29) is 29.9 Å². The Morgan fingerprint density at radius 2 is 1.90 bits per heavy atom. The van der Waals surface area contributed by atoms with Crippen molar-refractivity contribution in [3.63, 3.8) is 0 Å². The third-order valence-corrected chi connectivity index (χ3v) is 4.38. The summed E-state index contributed by atoms with van der Waals surface area (Å²) in [5.74, 6) is 0.737. The van der Waals surface area contributed by atoms with E-state index >= 15 is 0 Å². The average molecular weight is 506 g/mol. The van der Waals surface area contributed by atoms with Gasteiger partial charge in [0.25, 0.3) is 5.91 Å². The first-order chi connectivity index (χ1) is 13.6. The van der Waals surface area contributed by atoms with Crippen LogP contribution in [-0.4, -0.2) is 53.8 Å². The maximum absolute atomic E-state index is 11.9. The van der Waals surface area contributed by atoms with Gasteiger partial charge in [-0.15, -0.1) is 24.0 Å². The molecule has 0 aliphatic heterocycles. The molecule has 0 bridgehead atoms. The number of aromatic nitrogens is 2. The van der Waals surface area contributed by atoms with Crippen LogP contribution in [0.4, 0.5) is 0 Å². The van der Waals surface area contributed by atoms with Crippen LogP contribution in [-0.2, 0) is 13.0 Å². The predicted molar refractivity (Wildman–Crippen MR) is 127 cm³/mol. The minimum atomic E-state index is 0. The number of carbonyl (C=O) groups excluding carboxylic acids is 1. The Hall–Kier alpha value is -2.62. The first-order valence-corrected chi connectivity index (χ1v) is 9.24. The molecule has 154 valence electrons. The molecule has 7 nitrogen and oxygen atoms in total. The summed E-state index contributed by atoms with van der Waals surface area (Å²) in [6.45, 7) is 1.37. The van der Waals surface area contributed by atoms with Crippen molar-refractivity contribution in [2.24, 2.45) is 4.99 Å². The molecule has 3 rings (SSSR count). The second kappa shape index (κ2) is 10.8. The zero-order valence-electron chi connectivity index (χ0n) is 16.9. The van der Waals surface area contributed by atoms with Crippen molar-refractivity contribution in [3.05, 3.63) is 71.7 Å². The summed E-state index contributed by atoms with van der Waals surface area (Å²) in [7, 11) is 5.25. The summed E-state index contributed by atoms with van der Waals surface area (Å²) in [5, 5.41) is 6.59. The van der Waals surface area contributed by atoms with Gasteiger partial charge in [0, 0.05) is 58.6 Å². The first kappa shape index (κ1) is 22.7. The molecule has 0 radical (unpaired) electrons. The van der Waals surface area contributed by atoms with E-state index in [0.29, 0.717) is 12.1 Å². The Morgan fingerprint density at radius 1 is 1.14 bits per heavy atom. The van der Waals surface area contributed by atoms with Gasteiger partial charge in [0.2, 0.25) is 0 Å². The van der Waals surface area contributed by atoms with Crippen molar-refractivity contribution >= 4 is 41.5 Å². The van der Waals surface area contributed by atoms with E-state index in [1.54, 1.807) is 26.0 Å². The number of benzene rings is 1. The molecule has 0 spiro atoms. The van der Waals surface area contributed by atoms with Crippen molar-refractivity contribution in [1.82, 2.24) is 24.9 Å². The Bertz CT molecular complexity index is 932. The summed E-state index contributed by atoms with van der Waals surface area (Å²) in [4.78, 5) is 22.4. The van der Waals surface area contributed by atoms with Gasteiger partial charge in [-0.3, -0.25) is 9.79 Å². The highest BCUT2D eigenvalue weighted by Crippen LogP contribution is 2.07. The van der Waals surface area contributed by atoms with Crippen LogP contribution in [0.5, 0.6) is 0 Å². The summed E-state index contributed by atoms with van der Waals surface area (Å²) < 4.78 is 2.02. The number of hydrogen-bond donors (Lipinski definition) is 2. The van der Waals surface area contributed by atoms with Crippen LogP contribution in [0, 0.1) is 0 Å². The lowest BCUT2D eigenvalue weighted by atomic mass is 10.1. The van der Waals surface area contributed by atoms with Crippen molar-refractivity contribution in [3.8, 4) is 0 Å². The van der Waals surface area contributed by atoms with Crippen molar-refractivity contribution in [2.45, 2.75) is 13.0 Å². The first-order valence-electron chi connectivity index (χ1n) is 9.24. The lowest BCUT2D eigenvalue weighted by molar-refractivity contribution is 0.0827. The molecule has 8 heteroatoms. The standard InChI is InChI=1S/C21H26N6O.HI/c1-22-21(23-12-11-18-15-27-13-5-4-6-19(27)25-18)24-14-16-7-9-17(10-8-16)20(28)26(2)3;/h4-10,13,15H,11-12,14H2,1-3H3,(H2,22,23,24);1H. The van der Waals surface area contributed by atoms with E-state index in [2.05, 4.69) is 20.6 Å². The van der Waals surface area contributed by atoms with Gasteiger partial charge >= 0.3 is 0 Å². The van der Waals surface area contributed by atoms with Crippen LogP contribution in [0.25, 0.3) is 5.65 Å². The monoisotopic (exact) mass is 506 g/mol. The molecule has 0 unspecified atom stereocenters. The molecular formula is C21H27IN6O. The fourth-order valence-corrected chi connectivity index (χ4v) is 2.85. The average Bonchev–Trinajstić information content (AvgIpc) is 3.13. The Balaban J connectivity index is 0.00000300. The summed E-state index contributed by atoms with van der Waals surface area (Å²) in [6, 6.07) is 13.6. The lowest BCUT2D eigenvalue weighted by Gasteiger charge is -2.13. The summed E-state index contributed by atoms with van der Waals surface area (Å²) in [5.41, 5.74) is 3.76. The van der Waals surface area contributed by atoms with Crippen molar-refractivity contribution in [1.29, 1.82) is 0 Å². The van der Waals surface area contributed by atoms with Crippen LogP contribution < -0.4 is 10.6 Å². The fourth-order valence-electron chi connectivity index (χ4n) is 2.85. The number of halogens is 1. The molecule has 0 atom stereocenters. The molecule has 1 aromatic carbocycles. The lowest BCUT2D eigenvalue weighted by Crippen LogP contribution is -2.37. The highest BCUT2D eigenvalue weighted by atomic mass is 127. The van der Waals surface area contributed by atoms with Crippen molar-refractivity contribution in [2.75, 3.05) is 27.7 Å². The summed E-state index contributed by atoms with van der Waals surface area (Å²) in [6.07, 6.45) is 4.85. The predicted octanol–water partition coefficient (Wildman–Crippen LogP) is 2.56. The third-order valence-electron chi connectivity index (χ3n) is 4.38. The van der Waals surface area contributed by atoms with Crippen LogP contribution in [0.15, 0.2) is 59.9 Å². The Morgan fingerprint density at radius 3 is 2.55 bits per heavy atom. The largest absolute Gasteiger partial charge is 0.356 e. The van der Waals surface area contributed by atoms with E-state index in [0.717, 1.165) is 35.8 Å². The molecule has 0 saturated heterocycles. The second-order valence-electron chi connectivity index (χ2n) is 6.70. The topological polar surface area (TPSA) is 74.0 Å². The van der Waals surface area contributed by atoms with Crippen LogP contribution in [0.3, 0.4) is 0 Å². The number of carbonyl (C=O) groups is 1. The number of aliphatic imine (C=N–C) groups is 1. The molecule has 0 aliphatic rings. The van der Waals surface area contributed by atoms with Crippen LogP contribution >= 0.6 is 24.0 Å². The number of amides is 1. The van der Waals surface area contributed by atoms with Crippen LogP contribution in [0.2, 0.25) is 0 Å². The van der Waals surface area contributed by atoms with Gasteiger partial charge in [0.05, 0.1) is 5.69 Å². The maximum Gasteiger partial charge on any atom is 0.253 e. The molecule has 1 amide bonds. The molecule has 29 heavy (non-hydrogen) atoms. The third kappa shape index (κ3) is 6.18. The molecule has 2 N–H and O–H groups in total. The number of rotatable bonds is 6. The smallest absolute Gasteiger partial charge is 0.253 e. The van der Waals surface area contributed by atoms with E-state index in [1.165, 1.54) is 0 Å². The number of hydrogen-bond acceptors (Lipinski definition) is 3. The van der Waals surface area contributed by atoms with Gasteiger partial charge in [-0.05, 0) is 29.8 Å². The highest BCUT2D eigenvalue weighted by Gasteiger charge is 2.07. The minimum Gasteiger partial charge on any atom is -0.356 e. The van der Waals surface area contributed by atoms with Gasteiger partial charge in [-0.1, -0.05) is 18.2 Å². The fraction of sp³-hybridized carbons (Fsp3) is 0.286. The molecular weight excluding hydrogens is 479 g/mol. The van der Waals surface area contributed by atoms with Gasteiger partial charge < -0.3 is 19.9 Å². The SMILES string of the molecule is CN=C(NCCc1cn2ccccc2n1)NCc1ccc(C(=O)N(C)C)cc1.I. The minimum absolute atomic E-state index is 0. The Kier molecular flexibility index (Phi) is 8.44. The summed E-state index contributed by atoms with van der Waals surface area (Å²) >= 11 is 0. The zero-order chi connectivity index (χ0) is 19.9.